The van der Waals surface area contributed by atoms with Gasteiger partial charge in [0, 0.05) is 38.2 Å². The van der Waals surface area contributed by atoms with Gasteiger partial charge < -0.3 is 9.80 Å². The molecule has 1 fully saturated rings. The van der Waals surface area contributed by atoms with E-state index in [0.717, 1.165) is 59.0 Å². The van der Waals surface area contributed by atoms with Gasteiger partial charge in [-0.25, -0.2) is 14.6 Å². The summed E-state index contributed by atoms with van der Waals surface area (Å²) in [5, 5.41) is 5.59. The van der Waals surface area contributed by atoms with Gasteiger partial charge in [-0.2, -0.15) is 5.10 Å². The summed E-state index contributed by atoms with van der Waals surface area (Å²) in [5.41, 5.74) is 3.70. The molecule has 0 spiro atoms. The fourth-order valence-corrected chi connectivity index (χ4v) is 4.39. The second-order valence-corrected chi connectivity index (χ2v) is 9.34. The van der Waals surface area contributed by atoms with Gasteiger partial charge in [-0.3, -0.25) is 4.79 Å². The summed E-state index contributed by atoms with van der Waals surface area (Å²) in [5.74, 6) is 2.27. The molecule has 7 nitrogen and oxygen atoms in total. The third-order valence-corrected chi connectivity index (χ3v) is 6.21. The van der Waals surface area contributed by atoms with E-state index in [1.54, 1.807) is 0 Å². The third-order valence-electron chi connectivity index (χ3n) is 6.21. The molecule has 7 heteroatoms. The number of nitrogens with zero attached hydrogens (tertiary/aromatic N) is 6. The third kappa shape index (κ3) is 4.38. The monoisotopic (exact) mass is 454 g/mol. The minimum absolute atomic E-state index is 0.0879. The van der Waals surface area contributed by atoms with Crippen LogP contribution in [0.15, 0.2) is 60.8 Å². The molecule has 1 aliphatic rings. The second kappa shape index (κ2) is 9.25. The lowest BCUT2D eigenvalue weighted by atomic mass is 10.1. The summed E-state index contributed by atoms with van der Waals surface area (Å²) in [6.45, 7) is 9.15. The molecule has 0 bridgehead atoms. The van der Waals surface area contributed by atoms with E-state index in [4.69, 9.17) is 9.97 Å². The first kappa shape index (κ1) is 22.1. The fourth-order valence-electron chi connectivity index (χ4n) is 4.39. The van der Waals surface area contributed by atoms with E-state index in [9.17, 15) is 4.79 Å². The van der Waals surface area contributed by atoms with E-state index in [-0.39, 0.29) is 5.91 Å². The van der Waals surface area contributed by atoms with Crippen LogP contribution in [0.5, 0.6) is 0 Å². The zero-order valence-corrected chi connectivity index (χ0v) is 20.0. The van der Waals surface area contributed by atoms with Crippen LogP contribution >= 0.6 is 0 Å². The van der Waals surface area contributed by atoms with Crippen molar-refractivity contribution in [2.45, 2.75) is 27.2 Å². The van der Waals surface area contributed by atoms with Gasteiger partial charge >= 0.3 is 0 Å². The minimum atomic E-state index is 0.0879. The average molecular weight is 455 g/mol. The van der Waals surface area contributed by atoms with Crippen LogP contribution in [0.4, 0.5) is 5.82 Å². The van der Waals surface area contributed by atoms with Crippen LogP contribution in [-0.4, -0.2) is 56.7 Å². The van der Waals surface area contributed by atoms with Crippen LogP contribution in [0.25, 0.3) is 16.7 Å². The molecular weight excluding hydrogens is 424 g/mol. The molecule has 0 N–H and O–H groups in total. The molecule has 0 atom stereocenters. The standard InChI is InChI=1S/C27H30N6O/c1-19(2)17-24-29-25(23-18-28-33(26(23)30-24)22-7-5-4-6-8-22)31-13-15-32(16-14-31)27(34)21-11-9-20(3)10-12-21/h4-12,18-19H,13-17H2,1-3H3. The number of para-hydroxylation sites is 1. The zero-order valence-electron chi connectivity index (χ0n) is 20.0. The number of aromatic nitrogens is 4. The Morgan fingerprint density at radius 2 is 1.65 bits per heavy atom. The van der Waals surface area contributed by atoms with E-state index in [2.05, 4.69) is 23.8 Å². The number of hydrogen-bond acceptors (Lipinski definition) is 5. The Morgan fingerprint density at radius 3 is 2.32 bits per heavy atom. The quantitative estimate of drug-likeness (QED) is 0.450. The maximum absolute atomic E-state index is 13.0. The number of anilines is 1. The van der Waals surface area contributed by atoms with E-state index in [1.807, 2.05) is 77.3 Å². The van der Waals surface area contributed by atoms with Crippen molar-refractivity contribution in [3.8, 4) is 5.69 Å². The van der Waals surface area contributed by atoms with Crippen molar-refractivity contribution in [3.05, 3.63) is 77.7 Å². The van der Waals surface area contributed by atoms with Crippen molar-refractivity contribution in [1.29, 1.82) is 0 Å². The summed E-state index contributed by atoms with van der Waals surface area (Å²) < 4.78 is 1.89. The Balaban J connectivity index is 1.43. The Kier molecular flexibility index (Phi) is 6.01. The van der Waals surface area contributed by atoms with Gasteiger partial charge in [-0.1, -0.05) is 49.7 Å². The van der Waals surface area contributed by atoms with Crippen molar-refractivity contribution < 1.29 is 4.79 Å². The number of carbonyl (C=O) groups excluding carboxylic acids is 1. The number of benzene rings is 2. The molecule has 0 aliphatic carbocycles. The van der Waals surface area contributed by atoms with Crippen molar-refractivity contribution in [2.75, 3.05) is 31.1 Å². The summed E-state index contributed by atoms with van der Waals surface area (Å²) in [6.07, 6.45) is 2.66. The van der Waals surface area contributed by atoms with Crippen molar-refractivity contribution in [3.63, 3.8) is 0 Å². The Morgan fingerprint density at radius 1 is 0.941 bits per heavy atom. The van der Waals surface area contributed by atoms with Gasteiger partial charge in [0.25, 0.3) is 5.91 Å². The average Bonchev–Trinajstić information content (AvgIpc) is 3.28. The molecule has 174 valence electrons. The van der Waals surface area contributed by atoms with Gasteiger partial charge in [-0.15, -0.1) is 0 Å². The van der Waals surface area contributed by atoms with Crippen LogP contribution < -0.4 is 4.90 Å². The number of hydrogen-bond donors (Lipinski definition) is 0. The number of fused-ring (bicyclic) bond motifs is 1. The molecule has 3 heterocycles. The van der Waals surface area contributed by atoms with Crippen LogP contribution in [0, 0.1) is 12.8 Å². The molecule has 0 saturated carbocycles. The topological polar surface area (TPSA) is 67.2 Å². The zero-order chi connectivity index (χ0) is 23.7. The van der Waals surface area contributed by atoms with E-state index < -0.39 is 0 Å². The number of amides is 1. The number of aryl methyl sites for hydroxylation is 1. The highest BCUT2D eigenvalue weighted by Crippen LogP contribution is 2.27. The summed E-state index contributed by atoms with van der Waals surface area (Å²) in [6, 6.07) is 17.9. The summed E-state index contributed by atoms with van der Waals surface area (Å²) in [4.78, 5) is 27.0. The lowest BCUT2D eigenvalue weighted by Gasteiger charge is -2.35. The van der Waals surface area contributed by atoms with Crippen LogP contribution in [0.2, 0.25) is 0 Å². The Labute approximate surface area is 200 Å². The normalized spacial score (nSPS) is 14.2. The smallest absolute Gasteiger partial charge is 0.253 e. The molecule has 2 aromatic carbocycles. The molecule has 1 aliphatic heterocycles. The Hall–Kier alpha value is -3.74. The van der Waals surface area contributed by atoms with Gasteiger partial charge in [-0.05, 0) is 37.1 Å². The number of piperazine rings is 1. The molecule has 34 heavy (non-hydrogen) atoms. The van der Waals surface area contributed by atoms with Gasteiger partial charge in [0.05, 0.1) is 17.3 Å². The van der Waals surface area contributed by atoms with Crippen molar-refractivity contribution >= 4 is 22.8 Å². The highest BCUT2D eigenvalue weighted by molar-refractivity contribution is 5.94. The molecule has 2 aromatic heterocycles. The van der Waals surface area contributed by atoms with Crippen LogP contribution in [0.3, 0.4) is 0 Å². The molecular formula is C27H30N6O. The predicted molar refractivity (Wildman–Crippen MR) is 134 cm³/mol. The first-order chi connectivity index (χ1) is 16.5. The number of carbonyl (C=O) groups is 1. The largest absolute Gasteiger partial charge is 0.352 e. The first-order valence-electron chi connectivity index (χ1n) is 11.9. The van der Waals surface area contributed by atoms with Crippen molar-refractivity contribution in [2.24, 2.45) is 5.92 Å². The molecule has 0 radical (unpaired) electrons. The van der Waals surface area contributed by atoms with E-state index >= 15 is 0 Å². The molecule has 0 unspecified atom stereocenters. The molecule has 5 rings (SSSR count). The first-order valence-corrected chi connectivity index (χ1v) is 11.9. The van der Waals surface area contributed by atoms with Crippen LogP contribution in [-0.2, 0) is 6.42 Å². The maximum atomic E-state index is 13.0. The highest BCUT2D eigenvalue weighted by Gasteiger charge is 2.26. The highest BCUT2D eigenvalue weighted by atomic mass is 16.2. The number of rotatable bonds is 5. The lowest BCUT2D eigenvalue weighted by molar-refractivity contribution is 0.0746. The summed E-state index contributed by atoms with van der Waals surface area (Å²) >= 11 is 0. The predicted octanol–water partition coefficient (Wildman–Crippen LogP) is 4.28. The molecule has 1 amide bonds. The second-order valence-electron chi connectivity index (χ2n) is 9.34. The molecule has 1 saturated heterocycles. The van der Waals surface area contributed by atoms with Gasteiger partial charge in [0.2, 0.25) is 0 Å². The Bertz CT molecular complexity index is 1290. The SMILES string of the molecule is Cc1ccc(C(=O)N2CCN(c3nc(CC(C)C)nc4c3cnn4-c3ccccc3)CC2)cc1. The minimum Gasteiger partial charge on any atom is -0.352 e. The summed E-state index contributed by atoms with van der Waals surface area (Å²) in [7, 11) is 0. The van der Waals surface area contributed by atoms with Crippen LogP contribution in [0.1, 0.15) is 35.6 Å². The van der Waals surface area contributed by atoms with Gasteiger partial charge in [0.15, 0.2) is 5.65 Å². The lowest BCUT2D eigenvalue weighted by Crippen LogP contribution is -2.49. The maximum Gasteiger partial charge on any atom is 0.253 e. The fraction of sp³-hybridized carbons (Fsp3) is 0.333. The van der Waals surface area contributed by atoms with E-state index in [1.165, 1.54) is 0 Å². The molecule has 4 aromatic rings. The van der Waals surface area contributed by atoms with E-state index in [0.29, 0.717) is 19.0 Å². The van der Waals surface area contributed by atoms with Crippen molar-refractivity contribution in [1.82, 2.24) is 24.6 Å². The van der Waals surface area contributed by atoms with Gasteiger partial charge in [0.1, 0.15) is 11.6 Å².